The van der Waals surface area contributed by atoms with Gasteiger partial charge in [-0.25, -0.2) is 9.78 Å². The highest BCUT2D eigenvalue weighted by Crippen LogP contribution is 2.20. The highest BCUT2D eigenvalue weighted by Gasteiger charge is 2.36. The second kappa shape index (κ2) is 7.36. The monoisotopic (exact) mass is 308 g/mol. The number of primary amides is 2. The Balaban J connectivity index is 0.000000133. The third kappa shape index (κ3) is 5.11. The van der Waals surface area contributed by atoms with Gasteiger partial charge in [0.25, 0.3) is 0 Å². The molecule has 5 heterocycles. The van der Waals surface area contributed by atoms with E-state index in [1.807, 2.05) is 19.1 Å². The van der Waals surface area contributed by atoms with Crippen LogP contribution in [0.4, 0.5) is 10.6 Å². The summed E-state index contributed by atoms with van der Waals surface area (Å²) in [6.45, 7) is 9.04. The molecule has 0 aliphatic carbocycles. The Hall–Kier alpha value is -1.94. The molecule has 9 heteroatoms. The topological polar surface area (TPSA) is 121 Å². The summed E-state index contributed by atoms with van der Waals surface area (Å²) in [6.07, 6.45) is 0. The first kappa shape index (κ1) is 16.4. The molecule has 4 fully saturated rings. The van der Waals surface area contributed by atoms with Crippen molar-refractivity contribution in [2.45, 2.75) is 6.92 Å². The molecule has 122 valence electrons. The average molecular weight is 308 g/mol. The number of carbonyl (C=O) groups excluding carboxylic acids is 1. The Morgan fingerprint density at radius 3 is 1.55 bits per heavy atom. The van der Waals surface area contributed by atoms with Crippen LogP contribution in [0.25, 0.3) is 0 Å². The van der Waals surface area contributed by atoms with Crippen molar-refractivity contribution >= 4 is 11.8 Å². The molecule has 0 radical (unpaired) electrons. The number of nitrogens with two attached hydrogens (primary N) is 3. The van der Waals surface area contributed by atoms with E-state index >= 15 is 0 Å². The molecule has 1 aromatic rings. The zero-order valence-electron chi connectivity index (χ0n) is 12.9. The minimum atomic E-state index is -0.833. The highest BCUT2D eigenvalue weighted by molar-refractivity contribution is 5.69. The molecular formula is C13H24N8O. The second-order valence-electron chi connectivity index (χ2n) is 5.64. The molecule has 0 unspecified atom stereocenters. The number of pyridine rings is 1. The molecular weight excluding hydrogens is 284 g/mol. The number of nitrogens with zero attached hydrogens (tertiary/aromatic N) is 5. The predicted molar refractivity (Wildman–Crippen MR) is 83.7 cm³/mol. The lowest BCUT2D eigenvalue weighted by Crippen LogP contribution is -2.71. The van der Waals surface area contributed by atoms with Crippen LogP contribution in [-0.2, 0) is 0 Å². The predicted octanol–water partition coefficient (Wildman–Crippen LogP) is -1.02. The molecule has 2 amide bonds. The van der Waals surface area contributed by atoms with Crippen molar-refractivity contribution in [2.75, 3.05) is 45.7 Å². The van der Waals surface area contributed by atoms with Crippen LogP contribution >= 0.6 is 0 Å². The van der Waals surface area contributed by atoms with Gasteiger partial charge in [-0.1, -0.05) is 6.07 Å². The number of aromatic nitrogens is 1. The van der Waals surface area contributed by atoms with E-state index in [9.17, 15) is 0 Å². The summed E-state index contributed by atoms with van der Waals surface area (Å²) < 4.78 is 0. The standard InChI is InChI=1S/C6H12N4.C6H8N2.CH4N2O/c1-7-2-9-4-8(1)5-10(3-7)6-9;1-5-3-2-4-6(7)8-5;2-1(3)4/h1-6H2;2-4H,1H3,(H2,7,8);(H4,2,3,4). The van der Waals surface area contributed by atoms with Crippen molar-refractivity contribution in [1.29, 1.82) is 0 Å². The normalized spacial score (nSPS) is 30.6. The SMILES string of the molecule is C1N2CN3CN1CN(C2)C3.Cc1cccc(N)n1.NC(N)=O. The van der Waals surface area contributed by atoms with Crippen molar-refractivity contribution in [2.24, 2.45) is 11.5 Å². The molecule has 0 aromatic carbocycles. The van der Waals surface area contributed by atoms with Crippen LogP contribution in [0.15, 0.2) is 18.2 Å². The molecule has 0 atom stereocenters. The van der Waals surface area contributed by atoms with Crippen molar-refractivity contribution in [3.63, 3.8) is 0 Å². The molecule has 22 heavy (non-hydrogen) atoms. The highest BCUT2D eigenvalue weighted by atomic mass is 16.2. The van der Waals surface area contributed by atoms with Crippen LogP contribution in [0.1, 0.15) is 5.69 Å². The van der Waals surface area contributed by atoms with Crippen LogP contribution in [0, 0.1) is 6.92 Å². The number of hydrogen-bond donors (Lipinski definition) is 3. The molecule has 1 aromatic heterocycles. The lowest BCUT2D eigenvalue weighted by atomic mass is 10.4. The molecule has 4 aliphatic heterocycles. The first-order valence-corrected chi connectivity index (χ1v) is 7.06. The van der Waals surface area contributed by atoms with Crippen molar-refractivity contribution < 1.29 is 4.79 Å². The van der Waals surface area contributed by atoms with Gasteiger partial charge in [-0.05, 0) is 19.1 Å². The maximum absolute atomic E-state index is 9.00. The fraction of sp³-hybridized carbons (Fsp3) is 0.538. The van der Waals surface area contributed by atoms with Crippen LogP contribution in [-0.4, -0.2) is 70.6 Å². The number of nitrogen functional groups attached to an aromatic ring is 1. The van der Waals surface area contributed by atoms with E-state index in [-0.39, 0.29) is 0 Å². The number of amides is 2. The van der Waals surface area contributed by atoms with Crippen LogP contribution in [0.3, 0.4) is 0 Å². The second-order valence-corrected chi connectivity index (χ2v) is 5.64. The minimum absolute atomic E-state index is 0.588. The summed E-state index contributed by atoms with van der Waals surface area (Å²) >= 11 is 0. The maximum Gasteiger partial charge on any atom is 0.309 e. The Bertz CT molecular complexity index is 431. The fourth-order valence-corrected chi connectivity index (χ4v) is 2.80. The van der Waals surface area contributed by atoms with Gasteiger partial charge in [-0.2, -0.15) is 0 Å². The lowest BCUT2D eigenvalue weighted by Gasteiger charge is -2.56. The number of carbonyl (C=O) groups is 1. The van der Waals surface area contributed by atoms with E-state index in [0.29, 0.717) is 5.82 Å². The molecule has 9 nitrogen and oxygen atoms in total. The molecule has 4 bridgehead atoms. The largest absolute Gasteiger partial charge is 0.384 e. The number of urea groups is 1. The molecule has 0 saturated carbocycles. The van der Waals surface area contributed by atoms with Gasteiger partial charge in [0, 0.05) is 5.69 Å². The van der Waals surface area contributed by atoms with Crippen LogP contribution in [0.2, 0.25) is 0 Å². The van der Waals surface area contributed by atoms with Gasteiger partial charge >= 0.3 is 6.03 Å². The van der Waals surface area contributed by atoms with Crippen LogP contribution in [0.5, 0.6) is 0 Å². The van der Waals surface area contributed by atoms with Gasteiger partial charge < -0.3 is 17.2 Å². The third-order valence-corrected chi connectivity index (χ3v) is 3.31. The number of anilines is 1. The Morgan fingerprint density at radius 2 is 1.32 bits per heavy atom. The third-order valence-electron chi connectivity index (χ3n) is 3.31. The summed E-state index contributed by atoms with van der Waals surface area (Å²) in [5.41, 5.74) is 14.8. The van der Waals surface area contributed by atoms with Crippen molar-refractivity contribution in [3.8, 4) is 0 Å². The van der Waals surface area contributed by atoms with Gasteiger partial charge in [0.2, 0.25) is 0 Å². The van der Waals surface area contributed by atoms with E-state index < -0.39 is 6.03 Å². The summed E-state index contributed by atoms with van der Waals surface area (Å²) in [5, 5.41) is 0. The fourth-order valence-electron chi connectivity index (χ4n) is 2.80. The van der Waals surface area contributed by atoms with Crippen molar-refractivity contribution in [3.05, 3.63) is 23.9 Å². The number of hydrogen-bond acceptors (Lipinski definition) is 7. The van der Waals surface area contributed by atoms with Gasteiger partial charge in [0.1, 0.15) is 5.82 Å². The summed E-state index contributed by atoms with van der Waals surface area (Å²) in [4.78, 5) is 22.8. The van der Waals surface area contributed by atoms with E-state index in [2.05, 4.69) is 36.1 Å². The lowest BCUT2D eigenvalue weighted by molar-refractivity contribution is -0.194. The van der Waals surface area contributed by atoms with E-state index in [1.54, 1.807) is 6.07 Å². The summed E-state index contributed by atoms with van der Waals surface area (Å²) in [5.74, 6) is 0.588. The zero-order chi connectivity index (χ0) is 16.1. The van der Waals surface area contributed by atoms with E-state index in [0.717, 1.165) is 5.69 Å². The van der Waals surface area contributed by atoms with Crippen molar-refractivity contribution in [1.82, 2.24) is 24.6 Å². The number of aryl methyl sites for hydroxylation is 1. The quantitative estimate of drug-likeness (QED) is 0.560. The van der Waals surface area contributed by atoms with Gasteiger partial charge in [0.05, 0.1) is 40.0 Å². The molecule has 6 N–H and O–H groups in total. The maximum atomic E-state index is 9.00. The molecule has 4 aliphatic rings. The molecule has 4 saturated heterocycles. The number of rotatable bonds is 0. The minimum Gasteiger partial charge on any atom is -0.384 e. The van der Waals surface area contributed by atoms with Gasteiger partial charge in [-0.3, -0.25) is 19.6 Å². The smallest absolute Gasteiger partial charge is 0.309 e. The molecule has 0 spiro atoms. The first-order valence-electron chi connectivity index (χ1n) is 7.06. The Kier molecular flexibility index (Phi) is 5.50. The first-order chi connectivity index (χ1) is 10.4. The van der Waals surface area contributed by atoms with E-state index in [4.69, 9.17) is 10.5 Å². The molecule has 5 rings (SSSR count). The zero-order valence-corrected chi connectivity index (χ0v) is 12.9. The van der Waals surface area contributed by atoms with Gasteiger partial charge in [0.15, 0.2) is 0 Å². The van der Waals surface area contributed by atoms with Crippen LogP contribution < -0.4 is 17.2 Å². The Morgan fingerprint density at radius 1 is 0.955 bits per heavy atom. The van der Waals surface area contributed by atoms with E-state index in [1.165, 1.54) is 40.0 Å². The summed E-state index contributed by atoms with van der Waals surface area (Å²) in [7, 11) is 0. The Labute approximate surface area is 130 Å². The average Bonchev–Trinajstić information content (AvgIpc) is 2.36. The van der Waals surface area contributed by atoms with Gasteiger partial charge in [-0.15, -0.1) is 0 Å². The summed E-state index contributed by atoms with van der Waals surface area (Å²) in [6, 6.07) is 4.74.